The molecule has 1 aromatic carbocycles. The fraction of sp³-hybridized carbons (Fsp3) is 0.222. The van der Waals surface area contributed by atoms with Crippen molar-refractivity contribution in [3.8, 4) is 5.69 Å². The summed E-state index contributed by atoms with van der Waals surface area (Å²) in [6.45, 7) is 4.75. The lowest BCUT2D eigenvalue weighted by Crippen LogP contribution is -2.28. The molecule has 2 heterocycles. The maximum Gasteiger partial charge on any atom is 0.268 e. The third kappa shape index (κ3) is 3.43. The number of nitrogens with zero attached hydrogens (tertiary/aromatic N) is 3. The summed E-state index contributed by atoms with van der Waals surface area (Å²) in [5.41, 5.74) is 2.76. The van der Waals surface area contributed by atoms with Crippen molar-refractivity contribution in [3.05, 3.63) is 71.0 Å². The number of hydrogen-bond acceptors (Lipinski definition) is 2. The first-order valence-corrected chi connectivity index (χ1v) is 8.62. The zero-order valence-corrected chi connectivity index (χ0v) is 15.2. The fourth-order valence-electron chi connectivity index (χ4n) is 2.63. The van der Waals surface area contributed by atoms with Crippen LogP contribution in [0.1, 0.15) is 35.9 Å². The fourth-order valence-corrected chi connectivity index (χ4v) is 3.09. The molecule has 24 heavy (non-hydrogen) atoms. The Hall–Kier alpha value is -2.34. The molecule has 0 aliphatic heterocycles. The number of benzene rings is 1. The van der Waals surface area contributed by atoms with Crippen LogP contribution in [0.5, 0.6) is 0 Å². The van der Waals surface area contributed by atoms with E-state index in [0.717, 1.165) is 22.3 Å². The van der Waals surface area contributed by atoms with Gasteiger partial charge in [0, 0.05) is 35.3 Å². The minimum Gasteiger partial charge on any atom is -0.344 e. The smallest absolute Gasteiger partial charge is 0.268 e. The quantitative estimate of drug-likeness (QED) is 0.721. The first kappa shape index (κ1) is 16.5. The van der Waals surface area contributed by atoms with E-state index in [-0.39, 0.29) is 11.9 Å². The van der Waals surface area contributed by atoms with Crippen LogP contribution in [0.15, 0.2) is 59.7 Å². The topological polar surface area (TPSA) is 51.9 Å². The van der Waals surface area contributed by atoms with Crippen molar-refractivity contribution in [2.24, 2.45) is 0 Å². The van der Waals surface area contributed by atoms with E-state index in [0.29, 0.717) is 5.69 Å². The highest BCUT2D eigenvalue weighted by atomic mass is 79.9. The SMILES string of the molecule is CCn1cc(Br)cc1C(=O)NC(C)c1ccc(-n2ccnc2)cc1. The number of hydrogen-bond donors (Lipinski definition) is 1. The number of imidazole rings is 1. The van der Waals surface area contributed by atoms with Crippen molar-refractivity contribution in [2.45, 2.75) is 26.4 Å². The van der Waals surface area contributed by atoms with Crippen LogP contribution < -0.4 is 5.32 Å². The van der Waals surface area contributed by atoms with Crippen molar-refractivity contribution >= 4 is 21.8 Å². The molecule has 0 bridgehead atoms. The van der Waals surface area contributed by atoms with Gasteiger partial charge in [0.05, 0.1) is 12.4 Å². The van der Waals surface area contributed by atoms with Gasteiger partial charge in [0.25, 0.3) is 5.91 Å². The average Bonchev–Trinajstić information content (AvgIpc) is 3.24. The van der Waals surface area contributed by atoms with E-state index in [1.54, 1.807) is 12.5 Å². The largest absolute Gasteiger partial charge is 0.344 e. The van der Waals surface area contributed by atoms with Gasteiger partial charge in [-0.15, -0.1) is 0 Å². The van der Waals surface area contributed by atoms with E-state index in [2.05, 4.69) is 26.2 Å². The molecule has 0 saturated heterocycles. The zero-order valence-electron chi connectivity index (χ0n) is 13.6. The molecule has 1 amide bonds. The molecule has 0 fully saturated rings. The lowest BCUT2D eigenvalue weighted by Gasteiger charge is -2.16. The summed E-state index contributed by atoms with van der Waals surface area (Å²) in [4.78, 5) is 16.6. The van der Waals surface area contributed by atoms with Gasteiger partial charge in [-0.05, 0) is 53.5 Å². The Balaban J connectivity index is 1.72. The summed E-state index contributed by atoms with van der Waals surface area (Å²) in [6, 6.07) is 9.85. The number of amides is 1. The Labute approximate surface area is 149 Å². The number of aromatic nitrogens is 3. The van der Waals surface area contributed by atoms with Crippen molar-refractivity contribution in [2.75, 3.05) is 0 Å². The Morgan fingerprint density at radius 3 is 2.71 bits per heavy atom. The third-order valence-corrected chi connectivity index (χ3v) is 4.41. The van der Waals surface area contributed by atoms with Crippen LogP contribution in [-0.4, -0.2) is 20.0 Å². The molecule has 0 saturated carbocycles. The third-order valence-electron chi connectivity index (χ3n) is 3.98. The Bertz CT molecular complexity index is 821. The van der Waals surface area contributed by atoms with Gasteiger partial charge in [-0.1, -0.05) is 12.1 Å². The standard InChI is InChI=1S/C18H19BrN4O/c1-3-22-11-15(19)10-17(22)18(24)21-13(2)14-4-6-16(7-5-14)23-9-8-20-12-23/h4-13H,3H2,1-2H3,(H,21,24). The number of halogens is 1. The molecule has 0 aliphatic rings. The summed E-state index contributed by atoms with van der Waals surface area (Å²) in [5.74, 6) is -0.0752. The van der Waals surface area contributed by atoms with Gasteiger partial charge in [0.2, 0.25) is 0 Å². The maximum atomic E-state index is 12.5. The normalized spacial score (nSPS) is 12.1. The molecular formula is C18H19BrN4O. The van der Waals surface area contributed by atoms with Crippen LogP contribution in [0.25, 0.3) is 5.69 Å². The number of nitrogens with one attached hydrogen (secondary N) is 1. The molecule has 1 unspecified atom stereocenters. The molecule has 5 nitrogen and oxygen atoms in total. The second-order valence-corrected chi connectivity index (χ2v) is 6.50. The molecule has 0 radical (unpaired) electrons. The maximum absolute atomic E-state index is 12.5. The molecule has 0 spiro atoms. The highest BCUT2D eigenvalue weighted by Gasteiger charge is 2.15. The van der Waals surface area contributed by atoms with Crippen LogP contribution in [0.3, 0.4) is 0 Å². The summed E-state index contributed by atoms with van der Waals surface area (Å²) in [7, 11) is 0. The van der Waals surface area contributed by atoms with Gasteiger partial charge in [-0.2, -0.15) is 0 Å². The van der Waals surface area contributed by atoms with Gasteiger partial charge in [0.15, 0.2) is 0 Å². The van der Waals surface area contributed by atoms with Crippen molar-refractivity contribution < 1.29 is 4.79 Å². The number of carbonyl (C=O) groups excluding carboxylic acids is 1. The van der Waals surface area contributed by atoms with Gasteiger partial charge < -0.3 is 14.5 Å². The Kier molecular flexibility index (Phi) is 4.85. The van der Waals surface area contributed by atoms with Crippen LogP contribution in [-0.2, 0) is 6.54 Å². The summed E-state index contributed by atoms with van der Waals surface area (Å²) >= 11 is 3.42. The van der Waals surface area contributed by atoms with E-state index >= 15 is 0 Å². The molecule has 6 heteroatoms. The van der Waals surface area contributed by atoms with Crippen molar-refractivity contribution in [1.29, 1.82) is 0 Å². The number of rotatable bonds is 5. The molecule has 1 N–H and O–H groups in total. The zero-order chi connectivity index (χ0) is 17.1. The lowest BCUT2D eigenvalue weighted by atomic mass is 10.1. The second kappa shape index (κ2) is 7.05. The van der Waals surface area contributed by atoms with Gasteiger partial charge in [-0.3, -0.25) is 4.79 Å². The van der Waals surface area contributed by atoms with Gasteiger partial charge >= 0.3 is 0 Å². The van der Waals surface area contributed by atoms with Crippen molar-refractivity contribution in [1.82, 2.24) is 19.4 Å². The van der Waals surface area contributed by atoms with Crippen LogP contribution in [0, 0.1) is 0 Å². The van der Waals surface area contributed by atoms with Crippen molar-refractivity contribution in [3.63, 3.8) is 0 Å². The number of carbonyl (C=O) groups is 1. The molecule has 1 atom stereocenters. The molecule has 124 valence electrons. The monoisotopic (exact) mass is 386 g/mol. The minimum absolute atomic E-state index is 0.0752. The van der Waals surface area contributed by atoms with E-state index in [9.17, 15) is 4.79 Å². The minimum atomic E-state index is -0.0756. The van der Waals surface area contributed by atoms with Gasteiger partial charge in [0.1, 0.15) is 5.69 Å². The van der Waals surface area contributed by atoms with E-state index in [1.807, 2.05) is 65.7 Å². The molecular weight excluding hydrogens is 368 g/mol. The van der Waals surface area contributed by atoms with Crippen LogP contribution in [0.4, 0.5) is 0 Å². The second-order valence-electron chi connectivity index (χ2n) is 5.59. The predicted molar refractivity (Wildman–Crippen MR) is 97.3 cm³/mol. The summed E-state index contributed by atoms with van der Waals surface area (Å²) in [6.07, 6.45) is 7.32. The van der Waals surface area contributed by atoms with Crippen LogP contribution >= 0.6 is 15.9 Å². The first-order chi connectivity index (χ1) is 11.6. The molecule has 3 rings (SSSR count). The van der Waals surface area contributed by atoms with E-state index in [1.165, 1.54) is 0 Å². The number of aryl methyl sites for hydroxylation is 1. The van der Waals surface area contributed by atoms with Gasteiger partial charge in [-0.25, -0.2) is 4.98 Å². The average molecular weight is 387 g/mol. The first-order valence-electron chi connectivity index (χ1n) is 7.83. The lowest BCUT2D eigenvalue weighted by molar-refractivity contribution is 0.0930. The highest BCUT2D eigenvalue weighted by Crippen LogP contribution is 2.18. The summed E-state index contributed by atoms with van der Waals surface area (Å²) in [5, 5.41) is 3.05. The van der Waals surface area contributed by atoms with E-state index in [4.69, 9.17) is 0 Å². The highest BCUT2D eigenvalue weighted by molar-refractivity contribution is 9.10. The Morgan fingerprint density at radius 2 is 2.08 bits per heavy atom. The predicted octanol–water partition coefficient (Wildman–Crippen LogP) is 3.95. The Morgan fingerprint density at radius 1 is 1.33 bits per heavy atom. The molecule has 2 aromatic heterocycles. The van der Waals surface area contributed by atoms with Crippen LogP contribution in [0.2, 0.25) is 0 Å². The summed E-state index contributed by atoms with van der Waals surface area (Å²) < 4.78 is 4.78. The van der Waals surface area contributed by atoms with E-state index < -0.39 is 0 Å². The molecule has 3 aromatic rings. The molecule has 0 aliphatic carbocycles.